The van der Waals surface area contributed by atoms with Crippen LogP contribution in [0.1, 0.15) is 5.56 Å². The Bertz CT molecular complexity index is 1460. The van der Waals surface area contributed by atoms with Gasteiger partial charge in [-0.15, -0.1) is 10.2 Å². The van der Waals surface area contributed by atoms with Crippen molar-refractivity contribution in [3.8, 4) is 11.4 Å². The monoisotopic (exact) mass is 448 g/mol. The minimum atomic E-state index is -0.146. The molecule has 0 aliphatic carbocycles. The van der Waals surface area contributed by atoms with Gasteiger partial charge in [0.25, 0.3) is 5.56 Å². The second-order valence-corrected chi connectivity index (χ2v) is 8.27. The van der Waals surface area contributed by atoms with Crippen LogP contribution < -0.4 is 10.3 Å². The number of halogens is 1. The lowest BCUT2D eigenvalue weighted by Gasteiger charge is -2.12. The number of para-hydroxylation sites is 1. The van der Waals surface area contributed by atoms with Gasteiger partial charge in [-0.2, -0.15) is 0 Å². The molecule has 0 bridgehead atoms. The summed E-state index contributed by atoms with van der Waals surface area (Å²) in [5.74, 6) is 1.85. The number of hydrogen-bond donors (Lipinski definition) is 0. The van der Waals surface area contributed by atoms with Crippen molar-refractivity contribution in [3.63, 3.8) is 0 Å². The van der Waals surface area contributed by atoms with Gasteiger partial charge < -0.3 is 4.74 Å². The van der Waals surface area contributed by atoms with Crippen LogP contribution in [0.2, 0.25) is 5.02 Å². The Kier molecular flexibility index (Phi) is 5.13. The number of nitrogens with zero attached hydrogens (tertiary/aromatic N) is 4. The maximum absolute atomic E-state index is 13.4. The molecule has 2 heterocycles. The minimum absolute atomic E-state index is 0.146. The zero-order valence-corrected chi connectivity index (χ0v) is 18.1. The van der Waals surface area contributed by atoms with E-state index in [1.54, 1.807) is 23.4 Å². The van der Waals surface area contributed by atoms with Crippen LogP contribution in [-0.4, -0.2) is 26.3 Å². The summed E-state index contributed by atoms with van der Waals surface area (Å²) in [6.45, 7) is 0. The first-order valence-corrected chi connectivity index (χ1v) is 10.9. The molecule has 0 saturated heterocycles. The van der Waals surface area contributed by atoms with E-state index in [4.69, 9.17) is 16.3 Å². The molecule has 5 rings (SSSR count). The van der Waals surface area contributed by atoms with Crippen molar-refractivity contribution in [2.75, 3.05) is 7.11 Å². The molecule has 154 valence electrons. The minimum Gasteiger partial charge on any atom is -0.497 e. The first kappa shape index (κ1) is 19.7. The molecule has 0 spiro atoms. The maximum atomic E-state index is 13.4. The van der Waals surface area contributed by atoms with Crippen molar-refractivity contribution in [1.82, 2.24) is 19.2 Å². The van der Waals surface area contributed by atoms with Crippen LogP contribution in [0.3, 0.4) is 0 Å². The third-order valence-electron chi connectivity index (χ3n) is 4.98. The van der Waals surface area contributed by atoms with Crippen molar-refractivity contribution >= 4 is 40.0 Å². The molecule has 0 saturated carbocycles. The Morgan fingerprint density at radius 1 is 1.00 bits per heavy atom. The molecule has 0 fully saturated rings. The van der Waals surface area contributed by atoms with Crippen molar-refractivity contribution in [3.05, 3.63) is 93.7 Å². The summed E-state index contributed by atoms with van der Waals surface area (Å²) in [7, 11) is 1.61. The van der Waals surface area contributed by atoms with Crippen LogP contribution in [-0.2, 0) is 5.75 Å². The largest absolute Gasteiger partial charge is 0.497 e. The van der Waals surface area contributed by atoms with E-state index in [-0.39, 0.29) is 5.56 Å². The Morgan fingerprint density at radius 3 is 2.58 bits per heavy atom. The topological polar surface area (TPSA) is 61.4 Å². The van der Waals surface area contributed by atoms with Crippen LogP contribution >= 0.6 is 23.4 Å². The molecule has 0 unspecified atom stereocenters. The highest BCUT2D eigenvalue weighted by atomic mass is 35.5. The van der Waals surface area contributed by atoms with Crippen molar-refractivity contribution in [2.45, 2.75) is 10.9 Å². The Morgan fingerprint density at radius 2 is 1.81 bits per heavy atom. The number of fused-ring (bicyclic) bond motifs is 3. The lowest BCUT2D eigenvalue weighted by molar-refractivity contribution is 0.414. The molecular weight excluding hydrogens is 432 g/mol. The van der Waals surface area contributed by atoms with Crippen LogP contribution in [0.25, 0.3) is 22.4 Å². The summed E-state index contributed by atoms with van der Waals surface area (Å²) in [5.41, 5.74) is 2.40. The van der Waals surface area contributed by atoms with E-state index >= 15 is 0 Å². The highest BCUT2D eigenvalue weighted by Crippen LogP contribution is 2.27. The van der Waals surface area contributed by atoms with E-state index in [0.717, 1.165) is 11.1 Å². The normalized spacial score (nSPS) is 11.3. The third kappa shape index (κ3) is 3.56. The van der Waals surface area contributed by atoms with Crippen LogP contribution in [0.5, 0.6) is 5.75 Å². The van der Waals surface area contributed by atoms with Gasteiger partial charge >= 0.3 is 0 Å². The fourth-order valence-corrected chi connectivity index (χ4v) is 4.61. The summed E-state index contributed by atoms with van der Waals surface area (Å²) in [4.78, 5) is 13.4. The lowest BCUT2D eigenvalue weighted by atomic mass is 10.2. The van der Waals surface area contributed by atoms with E-state index in [0.29, 0.717) is 38.5 Å². The molecule has 8 heteroatoms. The Labute approximate surface area is 187 Å². The highest BCUT2D eigenvalue weighted by molar-refractivity contribution is 7.98. The Balaban J connectivity index is 1.69. The van der Waals surface area contributed by atoms with E-state index < -0.39 is 0 Å². The molecule has 0 aliphatic heterocycles. The van der Waals surface area contributed by atoms with E-state index in [1.165, 1.54) is 0 Å². The van der Waals surface area contributed by atoms with Gasteiger partial charge in [-0.05, 0) is 54.1 Å². The first-order chi connectivity index (χ1) is 15.2. The fraction of sp³-hybridized carbons (Fsp3) is 0.0870. The van der Waals surface area contributed by atoms with Gasteiger partial charge in [0, 0.05) is 10.8 Å². The zero-order valence-electron chi connectivity index (χ0n) is 16.5. The molecule has 6 nitrogen and oxygen atoms in total. The highest BCUT2D eigenvalue weighted by Gasteiger charge is 2.18. The zero-order chi connectivity index (χ0) is 21.4. The number of benzene rings is 3. The average molecular weight is 449 g/mol. The molecule has 0 aliphatic rings. The molecule has 5 aromatic rings. The Hall–Kier alpha value is -3.29. The lowest BCUT2D eigenvalue weighted by Crippen LogP contribution is -2.21. The molecule has 31 heavy (non-hydrogen) atoms. The molecule has 2 aromatic heterocycles. The smallest absolute Gasteiger partial charge is 0.267 e. The van der Waals surface area contributed by atoms with Gasteiger partial charge in [0.15, 0.2) is 5.16 Å². The van der Waals surface area contributed by atoms with Gasteiger partial charge in [-0.25, -0.2) is 4.57 Å². The first-order valence-electron chi connectivity index (χ1n) is 9.56. The number of aromatic nitrogens is 4. The van der Waals surface area contributed by atoms with E-state index in [2.05, 4.69) is 10.2 Å². The fourth-order valence-electron chi connectivity index (χ4n) is 3.51. The van der Waals surface area contributed by atoms with Crippen LogP contribution in [0, 0.1) is 0 Å². The van der Waals surface area contributed by atoms with Gasteiger partial charge in [0.1, 0.15) is 5.75 Å². The van der Waals surface area contributed by atoms with E-state index in [9.17, 15) is 4.79 Å². The quantitative estimate of drug-likeness (QED) is 0.354. The number of methoxy groups -OCH3 is 1. The molecule has 0 radical (unpaired) electrons. The SMILES string of the molecule is COc1ccc(-n2c(=O)c3ccccc3n3c(SCc4cccc(Cl)c4)nnc23)cc1. The van der Waals surface area contributed by atoms with Crippen molar-refractivity contribution < 1.29 is 4.74 Å². The van der Waals surface area contributed by atoms with Crippen molar-refractivity contribution in [2.24, 2.45) is 0 Å². The van der Waals surface area contributed by atoms with Crippen molar-refractivity contribution in [1.29, 1.82) is 0 Å². The third-order valence-corrected chi connectivity index (χ3v) is 6.22. The second-order valence-electron chi connectivity index (χ2n) is 6.89. The second kappa shape index (κ2) is 8.09. The molecule has 0 atom stereocenters. The number of ether oxygens (including phenoxy) is 1. The van der Waals surface area contributed by atoms with Crippen LogP contribution in [0.4, 0.5) is 0 Å². The molecule has 0 amide bonds. The number of thioether (sulfide) groups is 1. The predicted octanol–water partition coefficient (Wildman–Crippen LogP) is 4.99. The molecule has 0 N–H and O–H groups in total. The summed E-state index contributed by atoms with van der Waals surface area (Å²) >= 11 is 7.66. The van der Waals surface area contributed by atoms with Gasteiger partial charge in [-0.3, -0.25) is 9.20 Å². The summed E-state index contributed by atoms with van der Waals surface area (Å²) in [6.07, 6.45) is 0. The van der Waals surface area contributed by atoms with E-state index in [1.807, 2.05) is 77.2 Å². The maximum Gasteiger partial charge on any atom is 0.267 e. The summed E-state index contributed by atoms with van der Waals surface area (Å²) in [5, 5.41) is 10.8. The van der Waals surface area contributed by atoms with Crippen LogP contribution in [0.15, 0.2) is 82.7 Å². The van der Waals surface area contributed by atoms with Gasteiger partial charge in [0.05, 0.1) is 23.7 Å². The molecule has 3 aromatic carbocycles. The number of hydrogen-bond acceptors (Lipinski definition) is 5. The summed E-state index contributed by atoms with van der Waals surface area (Å²) in [6, 6.07) is 22.5. The predicted molar refractivity (Wildman–Crippen MR) is 124 cm³/mol. The van der Waals surface area contributed by atoms with Gasteiger partial charge in [0.2, 0.25) is 5.78 Å². The summed E-state index contributed by atoms with van der Waals surface area (Å²) < 4.78 is 8.75. The average Bonchev–Trinajstić information content (AvgIpc) is 3.22. The van der Waals surface area contributed by atoms with Gasteiger partial charge in [-0.1, -0.05) is 47.6 Å². The standard InChI is InChI=1S/C23H17ClN4O2S/c1-30-18-11-9-17(10-12-18)27-21(29)19-7-2-3-8-20(19)28-22(27)25-26-23(28)31-14-15-5-4-6-16(24)13-15/h2-13H,14H2,1H3. The number of rotatable bonds is 5. The molecular formula is C23H17ClN4O2S.